The second-order valence-corrected chi connectivity index (χ2v) is 5.90. The molecule has 0 amide bonds. The van der Waals surface area contributed by atoms with Gasteiger partial charge < -0.3 is 15.7 Å². The van der Waals surface area contributed by atoms with E-state index in [4.69, 9.17) is 5.73 Å². The first-order valence-corrected chi connectivity index (χ1v) is 7.29. The molecule has 2 rings (SSSR count). The largest absolute Gasteiger partial charge is 0.393 e. The molecule has 0 spiro atoms. The number of likely N-dealkylation sites (tertiary alicyclic amines) is 1. The summed E-state index contributed by atoms with van der Waals surface area (Å²) in [6.45, 7) is 7.12. The van der Waals surface area contributed by atoms with Crippen LogP contribution in [0.4, 0.5) is 0 Å². The third kappa shape index (κ3) is 4.03. The molecule has 1 aliphatic rings. The van der Waals surface area contributed by atoms with Crippen molar-refractivity contribution in [3.8, 4) is 0 Å². The number of aryl methyl sites for hydroxylation is 1. The van der Waals surface area contributed by atoms with E-state index in [0.29, 0.717) is 5.92 Å². The van der Waals surface area contributed by atoms with Gasteiger partial charge in [-0.2, -0.15) is 0 Å². The molecule has 19 heavy (non-hydrogen) atoms. The van der Waals surface area contributed by atoms with Gasteiger partial charge in [-0.05, 0) is 51.3 Å². The molecule has 1 saturated heterocycles. The zero-order chi connectivity index (χ0) is 13.8. The molecule has 0 saturated carbocycles. The molecule has 1 aliphatic heterocycles. The van der Waals surface area contributed by atoms with Crippen LogP contribution in [0.2, 0.25) is 0 Å². The number of nitrogens with zero attached hydrogens (tertiary/aromatic N) is 1. The zero-order valence-electron chi connectivity index (χ0n) is 12.0. The summed E-state index contributed by atoms with van der Waals surface area (Å²) in [7, 11) is 0. The van der Waals surface area contributed by atoms with E-state index in [2.05, 4.69) is 36.1 Å². The van der Waals surface area contributed by atoms with Crippen LogP contribution in [0, 0.1) is 12.8 Å². The number of rotatable bonds is 5. The number of aliphatic hydroxyl groups is 1. The van der Waals surface area contributed by atoms with E-state index in [1.807, 2.05) is 6.92 Å². The Hall–Kier alpha value is -0.900. The fourth-order valence-electron chi connectivity index (χ4n) is 2.76. The average molecular weight is 262 g/mol. The molecular weight excluding hydrogens is 236 g/mol. The Morgan fingerprint density at radius 1 is 1.37 bits per heavy atom. The summed E-state index contributed by atoms with van der Waals surface area (Å²) in [6, 6.07) is 8.61. The van der Waals surface area contributed by atoms with Crippen LogP contribution in [0.25, 0.3) is 0 Å². The van der Waals surface area contributed by atoms with Crippen molar-refractivity contribution in [3.05, 3.63) is 35.4 Å². The van der Waals surface area contributed by atoms with Gasteiger partial charge in [-0.15, -0.1) is 0 Å². The molecule has 0 radical (unpaired) electrons. The molecule has 0 bridgehead atoms. The molecule has 3 atom stereocenters. The van der Waals surface area contributed by atoms with Gasteiger partial charge in [-0.3, -0.25) is 0 Å². The predicted octanol–water partition coefficient (Wildman–Crippen LogP) is 2.09. The summed E-state index contributed by atoms with van der Waals surface area (Å²) in [5.74, 6) is 0.440. The van der Waals surface area contributed by atoms with Crippen molar-refractivity contribution in [3.63, 3.8) is 0 Å². The number of aliphatic hydroxyl groups excluding tert-OH is 1. The monoisotopic (exact) mass is 262 g/mol. The van der Waals surface area contributed by atoms with Crippen LogP contribution in [0.15, 0.2) is 24.3 Å². The van der Waals surface area contributed by atoms with Gasteiger partial charge in [0.05, 0.1) is 6.10 Å². The molecule has 106 valence electrons. The predicted molar refractivity (Wildman–Crippen MR) is 79.0 cm³/mol. The van der Waals surface area contributed by atoms with Crippen molar-refractivity contribution >= 4 is 0 Å². The molecule has 3 nitrogen and oxygen atoms in total. The lowest BCUT2D eigenvalue weighted by atomic mass is 10.0. The highest BCUT2D eigenvalue weighted by atomic mass is 16.3. The first-order valence-electron chi connectivity index (χ1n) is 7.29. The second-order valence-electron chi connectivity index (χ2n) is 5.90. The summed E-state index contributed by atoms with van der Waals surface area (Å²) < 4.78 is 0. The Morgan fingerprint density at radius 2 is 2.05 bits per heavy atom. The molecule has 3 N–H and O–H groups in total. The van der Waals surface area contributed by atoms with Crippen LogP contribution in [0.5, 0.6) is 0 Å². The van der Waals surface area contributed by atoms with Gasteiger partial charge in [0, 0.05) is 12.6 Å². The molecular formula is C16H26N2O. The van der Waals surface area contributed by atoms with Gasteiger partial charge in [0.1, 0.15) is 0 Å². The number of hydrogen-bond acceptors (Lipinski definition) is 3. The number of nitrogens with two attached hydrogens (primary N) is 1. The molecule has 1 aromatic carbocycles. The minimum Gasteiger partial charge on any atom is -0.393 e. The molecule has 1 heterocycles. The minimum absolute atomic E-state index is 0.117. The molecule has 1 aromatic rings. The van der Waals surface area contributed by atoms with Gasteiger partial charge in [-0.25, -0.2) is 0 Å². The van der Waals surface area contributed by atoms with Crippen LogP contribution >= 0.6 is 0 Å². The molecule has 1 fully saturated rings. The molecule has 0 aliphatic carbocycles. The van der Waals surface area contributed by atoms with Crippen LogP contribution < -0.4 is 5.73 Å². The normalized spacial score (nSPS) is 23.5. The van der Waals surface area contributed by atoms with Crippen molar-refractivity contribution in [2.45, 2.75) is 38.8 Å². The zero-order valence-corrected chi connectivity index (χ0v) is 12.0. The minimum atomic E-state index is -0.184. The van der Waals surface area contributed by atoms with E-state index < -0.39 is 0 Å². The Morgan fingerprint density at radius 3 is 2.63 bits per heavy atom. The first kappa shape index (κ1) is 14.5. The third-order valence-corrected chi connectivity index (χ3v) is 4.25. The summed E-state index contributed by atoms with van der Waals surface area (Å²) in [5.41, 5.74) is 8.73. The maximum absolute atomic E-state index is 9.60. The molecule has 3 heteroatoms. The Labute approximate surface area is 116 Å². The topological polar surface area (TPSA) is 49.5 Å². The lowest BCUT2D eigenvalue weighted by Gasteiger charge is -2.20. The number of hydrogen-bond donors (Lipinski definition) is 2. The molecule has 0 aromatic heterocycles. The Bertz CT molecular complexity index is 388. The first-order chi connectivity index (χ1) is 9.06. The SMILES string of the molecule is Cc1ccc(C(N)CCN2CCC(C(C)O)C2)cc1. The maximum Gasteiger partial charge on any atom is 0.0552 e. The fraction of sp³-hybridized carbons (Fsp3) is 0.625. The third-order valence-electron chi connectivity index (χ3n) is 4.25. The second kappa shape index (κ2) is 6.51. The highest BCUT2D eigenvalue weighted by molar-refractivity contribution is 5.23. The van der Waals surface area contributed by atoms with E-state index in [0.717, 1.165) is 32.5 Å². The highest BCUT2D eigenvalue weighted by Crippen LogP contribution is 2.21. The quantitative estimate of drug-likeness (QED) is 0.854. The van der Waals surface area contributed by atoms with Crippen molar-refractivity contribution in [1.29, 1.82) is 0 Å². The highest BCUT2D eigenvalue weighted by Gasteiger charge is 2.25. The lowest BCUT2D eigenvalue weighted by Crippen LogP contribution is -2.27. The van der Waals surface area contributed by atoms with E-state index >= 15 is 0 Å². The molecule has 3 unspecified atom stereocenters. The van der Waals surface area contributed by atoms with Gasteiger partial charge in [0.25, 0.3) is 0 Å². The van der Waals surface area contributed by atoms with Crippen molar-refractivity contribution in [2.75, 3.05) is 19.6 Å². The summed E-state index contributed by atoms with van der Waals surface area (Å²) in [6.07, 6.45) is 1.91. The van der Waals surface area contributed by atoms with Gasteiger partial charge in [-0.1, -0.05) is 29.8 Å². The van der Waals surface area contributed by atoms with Gasteiger partial charge in [0.15, 0.2) is 0 Å². The summed E-state index contributed by atoms with van der Waals surface area (Å²) in [5, 5.41) is 9.60. The van der Waals surface area contributed by atoms with Crippen LogP contribution in [-0.4, -0.2) is 35.7 Å². The summed E-state index contributed by atoms with van der Waals surface area (Å²) >= 11 is 0. The van der Waals surface area contributed by atoms with E-state index in [9.17, 15) is 5.11 Å². The van der Waals surface area contributed by atoms with Crippen molar-refractivity contribution in [2.24, 2.45) is 11.7 Å². The maximum atomic E-state index is 9.60. The Kier molecular flexibility index (Phi) is 4.97. The van der Waals surface area contributed by atoms with Crippen LogP contribution in [0.1, 0.15) is 36.9 Å². The van der Waals surface area contributed by atoms with Crippen LogP contribution in [-0.2, 0) is 0 Å². The van der Waals surface area contributed by atoms with Gasteiger partial charge >= 0.3 is 0 Å². The lowest BCUT2D eigenvalue weighted by molar-refractivity contribution is 0.127. The fourth-order valence-corrected chi connectivity index (χ4v) is 2.76. The van der Waals surface area contributed by atoms with E-state index in [1.54, 1.807) is 0 Å². The Balaban J connectivity index is 1.78. The average Bonchev–Trinajstić information content (AvgIpc) is 2.86. The van der Waals surface area contributed by atoms with Crippen LogP contribution in [0.3, 0.4) is 0 Å². The van der Waals surface area contributed by atoms with E-state index in [-0.39, 0.29) is 12.1 Å². The van der Waals surface area contributed by atoms with Crippen molar-refractivity contribution < 1.29 is 5.11 Å². The van der Waals surface area contributed by atoms with E-state index in [1.165, 1.54) is 11.1 Å². The van der Waals surface area contributed by atoms with Crippen molar-refractivity contribution in [1.82, 2.24) is 4.90 Å². The smallest absolute Gasteiger partial charge is 0.0552 e. The standard InChI is InChI=1S/C16H26N2O/c1-12-3-5-14(6-4-12)16(17)8-10-18-9-7-15(11-18)13(2)19/h3-6,13,15-16,19H,7-11,17H2,1-2H3. The summed E-state index contributed by atoms with van der Waals surface area (Å²) in [4.78, 5) is 2.42. The number of benzene rings is 1. The van der Waals surface area contributed by atoms with Gasteiger partial charge in [0.2, 0.25) is 0 Å².